The maximum atomic E-state index is 9.42. The molecule has 3 fully saturated rings. The predicted molar refractivity (Wildman–Crippen MR) is 63.3 cm³/mol. The van der Waals surface area contributed by atoms with Crippen molar-refractivity contribution in [1.82, 2.24) is 9.80 Å². The summed E-state index contributed by atoms with van der Waals surface area (Å²) in [5.74, 6) is 0.372. The van der Waals surface area contributed by atoms with Crippen LogP contribution in [-0.4, -0.2) is 47.1 Å². The van der Waals surface area contributed by atoms with Gasteiger partial charge in [-0.2, -0.15) is 0 Å². The highest BCUT2D eigenvalue weighted by molar-refractivity contribution is 5.27. The van der Waals surface area contributed by atoms with E-state index in [0.29, 0.717) is 5.75 Å². The first-order valence-electron chi connectivity index (χ1n) is 5.94. The van der Waals surface area contributed by atoms with Crippen LogP contribution >= 0.6 is 0 Å². The molecule has 3 saturated heterocycles. The van der Waals surface area contributed by atoms with Crippen LogP contribution in [0, 0.1) is 0 Å². The lowest BCUT2D eigenvalue weighted by molar-refractivity contribution is -0.0532. The van der Waals surface area contributed by atoms with Gasteiger partial charge in [-0.3, -0.25) is 9.80 Å². The Hall–Kier alpha value is -1.06. The third-order valence-corrected chi connectivity index (χ3v) is 3.95. The predicted octanol–water partition coefficient (Wildman–Crippen LogP) is 1.28. The first kappa shape index (κ1) is 10.1. The van der Waals surface area contributed by atoms with Crippen LogP contribution in [0.25, 0.3) is 0 Å². The van der Waals surface area contributed by atoms with Gasteiger partial charge in [-0.1, -0.05) is 12.1 Å². The number of aromatic hydroxyl groups is 1. The second-order valence-corrected chi connectivity index (χ2v) is 5.07. The Morgan fingerprint density at radius 3 is 2.69 bits per heavy atom. The zero-order valence-electron chi connectivity index (χ0n) is 9.63. The van der Waals surface area contributed by atoms with E-state index in [1.54, 1.807) is 6.07 Å². The van der Waals surface area contributed by atoms with Gasteiger partial charge in [-0.25, -0.2) is 0 Å². The van der Waals surface area contributed by atoms with Gasteiger partial charge in [-0.05, 0) is 31.2 Å². The molecule has 0 aliphatic carbocycles. The fourth-order valence-corrected chi connectivity index (χ4v) is 2.93. The Balaban J connectivity index is 1.64. The summed E-state index contributed by atoms with van der Waals surface area (Å²) >= 11 is 0. The smallest absolute Gasteiger partial charge is 0.115 e. The maximum absolute atomic E-state index is 9.42. The van der Waals surface area contributed by atoms with E-state index >= 15 is 0 Å². The molecule has 4 rings (SSSR count). The number of piperazine rings is 1. The standard InChI is InChI=1S/C13H18N2O/c1-14-11-6-12(14)9-15(8-11)7-10-3-2-4-13(16)5-10/h2-5,11-12,16H,6-9H2,1H3. The van der Waals surface area contributed by atoms with E-state index in [9.17, 15) is 5.11 Å². The SMILES string of the molecule is CN1C2CC1CN(Cc1cccc(O)c1)C2. The molecule has 3 heterocycles. The van der Waals surface area contributed by atoms with Crippen LogP contribution < -0.4 is 0 Å². The maximum Gasteiger partial charge on any atom is 0.115 e. The summed E-state index contributed by atoms with van der Waals surface area (Å²) in [4.78, 5) is 4.98. The van der Waals surface area contributed by atoms with Gasteiger partial charge in [0, 0.05) is 31.7 Å². The van der Waals surface area contributed by atoms with Gasteiger partial charge >= 0.3 is 0 Å². The van der Waals surface area contributed by atoms with Crippen LogP contribution in [-0.2, 0) is 6.54 Å². The number of fused-ring (bicyclic) bond motifs is 2. The minimum atomic E-state index is 0.372. The van der Waals surface area contributed by atoms with Crippen LogP contribution in [0.4, 0.5) is 0 Å². The van der Waals surface area contributed by atoms with E-state index in [2.05, 4.69) is 22.9 Å². The minimum Gasteiger partial charge on any atom is -0.508 e. The van der Waals surface area contributed by atoms with E-state index < -0.39 is 0 Å². The highest BCUT2D eigenvalue weighted by Gasteiger charge is 2.41. The molecule has 2 bridgehead atoms. The first-order valence-corrected chi connectivity index (χ1v) is 5.94. The molecule has 3 nitrogen and oxygen atoms in total. The van der Waals surface area contributed by atoms with Gasteiger partial charge in [0.25, 0.3) is 0 Å². The molecule has 1 aromatic rings. The van der Waals surface area contributed by atoms with Crippen LogP contribution in [0.5, 0.6) is 5.75 Å². The third kappa shape index (κ3) is 1.70. The molecule has 3 aliphatic heterocycles. The fraction of sp³-hybridized carbons (Fsp3) is 0.538. The van der Waals surface area contributed by atoms with Crippen molar-refractivity contribution in [3.63, 3.8) is 0 Å². The second kappa shape index (κ2) is 3.75. The Bertz CT molecular complexity index is 381. The summed E-state index contributed by atoms with van der Waals surface area (Å²) in [5.41, 5.74) is 1.21. The molecule has 0 spiro atoms. The third-order valence-electron chi connectivity index (χ3n) is 3.95. The monoisotopic (exact) mass is 218 g/mol. The van der Waals surface area contributed by atoms with E-state index in [0.717, 1.165) is 18.6 Å². The van der Waals surface area contributed by atoms with Gasteiger partial charge < -0.3 is 5.11 Å². The summed E-state index contributed by atoms with van der Waals surface area (Å²) in [6, 6.07) is 9.12. The molecule has 2 atom stereocenters. The summed E-state index contributed by atoms with van der Waals surface area (Å²) in [6.07, 6.45) is 1.37. The number of nitrogens with zero attached hydrogens (tertiary/aromatic N) is 2. The van der Waals surface area contributed by atoms with Gasteiger partial charge in [-0.15, -0.1) is 0 Å². The van der Waals surface area contributed by atoms with E-state index in [1.807, 2.05) is 12.1 Å². The van der Waals surface area contributed by atoms with E-state index in [-0.39, 0.29) is 0 Å². The van der Waals surface area contributed by atoms with Crippen LogP contribution in [0.2, 0.25) is 0 Å². The Morgan fingerprint density at radius 1 is 1.31 bits per heavy atom. The molecule has 1 aromatic carbocycles. The normalized spacial score (nSPS) is 30.1. The molecule has 3 aliphatic rings. The van der Waals surface area contributed by atoms with Crippen molar-refractivity contribution in [3.8, 4) is 5.75 Å². The van der Waals surface area contributed by atoms with Crippen molar-refractivity contribution < 1.29 is 5.11 Å². The average Bonchev–Trinajstić information content (AvgIpc) is 2.28. The summed E-state index contributed by atoms with van der Waals surface area (Å²) < 4.78 is 0. The van der Waals surface area contributed by atoms with Crippen molar-refractivity contribution >= 4 is 0 Å². The number of benzene rings is 1. The number of hydrogen-bond acceptors (Lipinski definition) is 3. The quantitative estimate of drug-likeness (QED) is 0.810. The Labute approximate surface area is 96.3 Å². The highest BCUT2D eigenvalue weighted by atomic mass is 16.3. The molecule has 3 heteroatoms. The van der Waals surface area contributed by atoms with Gasteiger partial charge in [0.15, 0.2) is 0 Å². The number of likely N-dealkylation sites (N-methyl/N-ethyl adjacent to an activating group) is 1. The Kier molecular flexibility index (Phi) is 2.37. The van der Waals surface area contributed by atoms with E-state index in [4.69, 9.17) is 0 Å². The second-order valence-electron chi connectivity index (χ2n) is 5.07. The lowest BCUT2D eigenvalue weighted by Crippen LogP contribution is -2.66. The van der Waals surface area contributed by atoms with Crippen LogP contribution in [0.15, 0.2) is 24.3 Å². The lowest BCUT2D eigenvalue weighted by Gasteiger charge is -2.55. The van der Waals surface area contributed by atoms with Crippen molar-refractivity contribution in [2.24, 2.45) is 0 Å². The Morgan fingerprint density at radius 2 is 2.06 bits per heavy atom. The van der Waals surface area contributed by atoms with E-state index in [1.165, 1.54) is 25.1 Å². The minimum absolute atomic E-state index is 0.372. The van der Waals surface area contributed by atoms with Gasteiger partial charge in [0.05, 0.1) is 0 Å². The van der Waals surface area contributed by atoms with Gasteiger partial charge in [0.1, 0.15) is 5.75 Å². The molecule has 2 unspecified atom stereocenters. The molecule has 0 amide bonds. The number of rotatable bonds is 2. The molecule has 0 radical (unpaired) electrons. The molecule has 0 aromatic heterocycles. The van der Waals surface area contributed by atoms with Crippen LogP contribution in [0.3, 0.4) is 0 Å². The number of hydrogen-bond donors (Lipinski definition) is 1. The fourth-order valence-electron chi connectivity index (χ4n) is 2.93. The molecule has 16 heavy (non-hydrogen) atoms. The summed E-state index contributed by atoms with van der Waals surface area (Å²) in [5, 5.41) is 9.42. The lowest BCUT2D eigenvalue weighted by atomic mass is 9.88. The summed E-state index contributed by atoms with van der Waals surface area (Å²) in [6.45, 7) is 3.31. The molecule has 0 saturated carbocycles. The van der Waals surface area contributed by atoms with Crippen molar-refractivity contribution in [2.75, 3.05) is 20.1 Å². The number of phenols is 1. The summed E-state index contributed by atoms with van der Waals surface area (Å²) in [7, 11) is 2.23. The number of phenolic OH excluding ortho intramolecular Hbond substituents is 1. The molecule has 86 valence electrons. The molecule has 1 N–H and O–H groups in total. The van der Waals surface area contributed by atoms with Crippen LogP contribution in [0.1, 0.15) is 12.0 Å². The van der Waals surface area contributed by atoms with Gasteiger partial charge in [0.2, 0.25) is 0 Å². The highest BCUT2D eigenvalue weighted by Crippen LogP contribution is 2.31. The zero-order valence-corrected chi connectivity index (χ0v) is 9.63. The zero-order chi connectivity index (χ0) is 11.1. The average molecular weight is 218 g/mol. The van der Waals surface area contributed by atoms with Crippen molar-refractivity contribution in [3.05, 3.63) is 29.8 Å². The van der Waals surface area contributed by atoms with Crippen molar-refractivity contribution in [1.29, 1.82) is 0 Å². The largest absolute Gasteiger partial charge is 0.508 e. The first-order chi connectivity index (χ1) is 7.72. The molecular formula is C13H18N2O. The molecular weight excluding hydrogens is 200 g/mol. The van der Waals surface area contributed by atoms with Crippen molar-refractivity contribution in [2.45, 2.75) is 25.0 Å². The topological polar surface area (TPSA) is 26.7 Å². The number of piperidine rings is 1.